The number of thiazole rings is 1. The number of nitrogens with two attached hydrogens (primary N) is 1. The smallest absolute Gasteiger partial charge is 0.236 e. The van der Waals surface area contributed by atoms with Crippen molar-refractivity contribution in [3.05, 3.63) is 92.8 Å². The lowest BCUT2D eigenvalue weighted by molar-refractivity contribution is 0.328. The molecule has 4 rings (SSSR count). The third kappa shape index (κ3) is 6.30. The molecule has 10 nitrogen and oxygen atoms in total. The van der Waals surface area contributed by atoms with Crippen molar-refractivity contribution in [1.29, 1.82) is 5.26 Å². The molecule has 2 aromatic heterocycles. The van der Waals surface area contributed by atoms with Gasteiger partial charge in [0.1, 0.15) is 28.5 Å². The van der Waals surface area contributed by atoms with Crippen molar-refractivity contribution in [3.8, 4) is 22.9 Å². The molecule has 0 aliphatic rings. The zero-order chi connectivity index (χ0) is 26.9. The molecule has 0 unspecified atom stereocenters. The van der Waals surface area contributed by atoms with Crippen LogP contribution in [0.15, 0.2) is 64.1 Å². The van der Waals surface area contributed by atoms with Crippen molar-refractivity contribution in [2.45, 2.75) is 10.8 Å². The number of anilines is 3. The van der Waals surface area contributed by atoms with E-state index >= 15 is 0 Å². The second kappa shape index (κ2) is 12.4. The number of nitriles is 1. The highest BCUT2D eigenvalue weighted by molar-refractivity contribution is 7.98. The van der Waals surface area contributed by atoms with E-state index in [0.717, 1.165) is 5.69 Å². The van der Waals surface area contributed by atoms with Crippen molar-refractivity contribution in [2.24, 2.45) is 5.11 Å². The summed E-state index contributed by atoms with van der Waals surface area (Å²) in [7, 11) is 0. The highest BCUT2D eigenvalue weighted by Crippen LogP contribution is 2.42. The van der Waals surface area contributed by atoms with Gasteiger partial charge in [-0.1, -0.05) is 29.0 Å². The van der Waals surface area contributed by atoms with E-state index in [2.05, 4.69) is 36.2 Å². The molecule has 0 saturated heterocycles. The van der Waals surface area contributed by atoms with E-state index in [1.807, 2.05) is 5.38 Å². The van der Waals surface area contributed by atoms with Crippen LogP contribution in [0.1, 0.15) is 11.3 Å². The first-order valence-corrected chi connectivity index (χ1v) is 12.8. The number of nitrogens with one attached hydrogen (secondary N) is 1. The molecule has 0 atom stereocenters. The normalized spacial score (nSPS) is 10.2. The molecule has 0 fully saturated rings. The molecule has 13 heteroatoms. The maximum Gasteiger partial charge on any atom is 0.236 e. The molecule has 188 valence electrons. The maximum absolute atomic E-state index is 13.1. The summed E-state index contributed by atoms with van der Waals surface area (Å²) in [5.41, 5.74) is 17.3. The number of nitrogen functional groups attached to an aromatic ring is 1. The fourth-order valence-electron chi connectivity index (χ4n) is 3.37. The maximum atomic E-state index is 13.1. The third-order valence-electron chi connectivity index (χ3n) is 5.06. The minimum atomic E-state index is -0.318. The molecule has 4 aromatic rings. The first kappa shape index (κ1) is 26.3. The average molecular weight is 544 g/mol. The predicted octanol–water partition coefficient (Wildman–Crippen LogP) is 7.07. The van der Waals surface area contributed by atoms with Gasteiger partial charge in [0.25, 0.3) is 0 Å². The standard InChI is InChI=1S/C25H18FN9OS2/c1-30-22-21(15-2-8-19(9-3-15)36-11-10-31-35-29)20(12-27)24(34-23(22)28)37-13-18-14-38-25(33-18)32-17-6-4-16(26)5-7-17/h2-9,14H,10-11,13H2,(H2,28,34)(H,32,33). The molecule has 0 saturated carbocycles. The lowest BCUT2D eigenvalue weighted by Crippen LogP contribution is -2.01. The summed E-state index contributed by atoms with van der Waals surface area (Å²) >= 11 is 2.69. The number of thioether (sulfide) groups is 1. The van der Waals surface area contributed by atoms with Crippen LogP contribution in [0.25, 0.3) is 26.4 Å². The van der Waals surface area contributed by atoms with Crippen LogP contribution in [0.4, 0.5) is 26.7 Å². The minimum absolute atomic E-state index is 0.0307. The molecule has 2 aromatic carbocycles. The van der Waals surface area contributed by atoms with Gasteiger partial charge < -0.3 is 15.8 Å². The molecule has 2 heterocycles. The zero-order valence-corrected chi connectivity index (χ0v) is 21.3. The average Bonchev–Trinajstić information content (AvgIpc) is 3.38. The van der Waals surface area contributed by atoms with Gasteiger partial charge in [-0.15, -0.1) is 11.3 Å². The number of pyridine rings is 1. The largest absolute Gasteiger partial charge is 0.493 e. The van der Waals surface area contributed by atoms with Gasteiger partial charge in [0, 0.05) is 27.3 Å². The van der Waals surface area contributed by atoms with Crippen molar-refractivity contribution < 1.29 is 9.13 Å². The Kier molecular flexibility index (Phi) is 8.59. The molecular weight excluding hydrogens is 525 g/mol. The number of aromatic nitrogens is 2. The lowest BCUT2D eigenvalue weighted by atomic mass is 10.00. The summed E-state index contributed by atoms with van der Waals surface area (Å²) in [6, 6.07) is 15.0. The molecule has 38 heavy (non-hydrogen) atoms. The van der Waals surface area contributed by atoms with Crippen LogP contribution < -0.4 is 15.8 Å². The second-order valence-corrected chi connectivity index (χ2v) is 9.34. The highest BCUT2D eigenvalue weighted by Gasteiger charge is 2.21. The molecule has 0 spiro atoms. The van der Waals surface area contributed by atoms with Gasteiger partial charge in [-0.3, -0.25) is 0 Å². The van der Waals surface area contributed by atoms with Crippen molar-refractivity contribution in [1.82, 2.24) is 9.97 Å². The molecule has 0 radical (unpaired) electrons. The second-order valence-electron chi connectivity index (χ2n) is 7.52. The number of halogens is 1. The quantitative estimate of drug-likeness (QED) is 0.0542. The molecule has 0 aliphatic heterocycles. The van der Waals surface area contributed by atoms with Gasteiger partial charge in [-0.2, -0.15) is 5.26 Å². The number of azide groups is 1. The van der Waals surface area contributed by atoms with E-state index in [-0.39, 0.29) is 36.0 Å². The monoisotopic (exact) mass is 543 g/mol. The first-order chi connectivity index (χ1) is 18.5. The number of nitrogens with zero attached hydrogens (tertiary/aromatic N) is 7. The molecular formula is C25H18FN9OS2. The van der Waals surface area contributed by atoms with E-state index in [1.165, 1.54) is 35.2 Å². The summed E-state index contributed by atoms with van der Waals surface area (Å²) in [4.78, 5) is 15.1. The molecule has 0 bridgehead atoms. The fraction of sp³-hybridized carbons (Fsp3) is 0.120. The Morgan fingerprint density at radius 1 is 1.21 bits per heavy atom. The van der Waals surface area contributed by atoms with Crippen LogP contribution in [0.5, 0.6) is 5.75 Å². The molecule has 0 aliphatic carbocycles. The van der Waals surface area contributed by atoms with E-state index in [9.17, 15) is 9.65 Å². The summed E-state index contributed by atoms with van der Waals surface area (Å²) < 4.78 is 18.7. The van der Waals surface area contributed by atoms with E-state index in [1.54, 1.807) is 36.4 Å². The number of hydrogen-bond donors (Lipinski definition) is 2. The summed E-state index contributed by atoms with van der Waals surface area (Å²) in [5, 5.41) is 19.5. The predicted molar refractivity (Wildman–Crippen MR) is 146 cm³/mol. The lowest BCUT2D eigenvalue weighted by Gasteiger charge is -2.13. The van der Waals surface area contributed by atoms with E-state index in [4.69, 9.17) is 22.6 Å². The summed E-state index contributed by atoms with van der Waals surface area (Å²) in [6.07, 6.45) is 0. The first-order valence-electron chi connectivity index (χ1n) is 11.0. The summed E-state index contributed by atoms with van der Waals surface area (Å²) in [6.45, 7) is 8.04. The van der Waals surface area contributed by atoms with Crippen LogP contribution in [-0.4, -0.2) is 23.1 Å². The van der Waals surface area contributed by atoms with Crippen LogP contribution in [0, 0.1) is 23.7 Å². The highest BCUT2D eigenvalue weighted by atomic mass is 32.2. The van der Waals surface area contributed by atoms with Crippen molar-refractivity contribution >= 4 is 45.4 Å². The topological polar surface area (TPSA) is 150 Å². The Labute approximate surface area is 225 Å². The Balaban J connectivity index is 1.54. The molecule has 3 N–H and O–H groups in total. The van der Waals surface area contributed by atoms with Crippen LogP contribution in [0.3, 0.4) is 0 Å². The SMILES string of the molecule is [C-]#[N+]c1c(N)nc(SCc2csc(Nc3ccc(F)cc3)n2)c(C#N)c1-c1ccc(OCCN=[N+]=[N-])cc1. The Morgan fingerprint density at radius 2 is 1.97 bits per heavy atom. The van der Waals surface area contributed by atoms with Crippen LogP contribution >= 0.6 is 23.1 Å². The van der Waals surface area contributed by atoms with E-state index in [0.29, 0.717) is 38.5 Å². The third-order valence-corrected chi connectivity index (χ3v) is 6.87. The zero-order valence-electron chi connectivity index (χ0n) is 19.6. The van der Waals surface area contributed by atoms with Gasteiger partial charge in [0.2, 0.25) is 5.69 Å². The van der Waals surface area contributed by atoms with Crippen LogP contribution in [-0.2, 0) is 5.75 Å². The number of hydrogen-bond acceptors (Lipinski definition) is 9. The Morgan fingerprint density at radius 3 is 2.66 bits per heavy atom. The molecule has 0 amide bonds. The number of ether oxygens (including phenoxy) is 1. The number of rotatable bonds is 10. The van der Waals surface area contributed by atoms with Crippen molar-refractivity contribution in [2.75, 3.05) is 24.2 Å². The van der Waals surface area contributed by atoms with Gasteiger partial charge in [-0.25, -0.2) is 19.2 Å². The van der Waals surface area contributed by atoms with Gasteiger partial charge >= 0.3 is 0 Å². The Bertz CT molecular complexity index is 1570. The minimum Gasteiger partial charge on any atom is -0.493 e. The van der Waals surface area contributed by atoms with E-state index < -0.39 is 0 Å². The van der Waals surface area contributed by atoms with Gasteiger partial charge in [-0.05, 0) is 47.5 Å². The summed E-state index contributed by atoms with van der Waals surface area (Å²) in [5.74, 6) is 0.678. The van der Waals surface area contributed by atoms with Gasteiger partial charge in [0.05, 0.1) is 31.0 Å². The van der Waals surface area contributed by atoms with Crippen molar-refractivity contribution in [3.63, 3.8) is 0 Å². The van der Waals surface area contributed by atoms with Gasteiger partial charge in [0.15, 0.2) is 5.13 Å². The Hall–Kier alpha value is -4.81. The number of benzene rings is 2. The van der Waals surface area contributed by atoms with Crippen LogP contribution in [0.2, 0.25) is 0 Å². The fourth-order valence-corrected chi connectivity index (χ4v) is 5.09.